The molecule has 0 radical (unpaired) electrons. The largest absolute Gasteiger partial charge is 0.497 e. The van der Waals surface area contributed by atoms with E-state index in [0.717, 1.165) is 52.3 Å². The average molecular weight is 1180 g/mol. The first-order valence-electron chi connectivity index (χ1n) is 21.6. The topological polar surface area (TPSA) is 291 Å². The zero-order valence-corrected chi connectivity index (χ0v) is 45.1. The highest BCUT2D eigenvalue weighted by atomic mass is 32.2. The van der Waals surface area contributed by atoms with Crippen molar-refractivity contribution in [3.8, 4) is 51.4 Å². The van der Waals surface area contributed by atoms with Crippen molar-refractivity contribution in [2.45, 2.75) is 55.9 Å². The summed E-state index contributed by atoms with van der Waals surface area (Å²) in [4.78, 5) is -1.24. The van der Waals surface area contributed by atoms with Gasteiger partial charge in [-0.05, 0) is 163 Å². The molecule has 0 saturated carbocycles. The van der Waals surface area contributed by atoms with Gasteiger partial charge in [0.15, 0.2) is 0 Å². The Morgan fingerprint density at radius 2 is 0.753 bits per heavy atom. The summed E-state index contributed by atoms with van der Waals surface area (Å²) >= 11 is 2.38. The number of hydrogen-bond acceptors (Lipinski definition) is 21. The van der Waals surface area contributed by atoms with E-state index in [1.54, 1.807) is 74.7 Å². The molecule has 0 spiro atoms. The van der Waals surface area contributed by atoms with Gasteiger partial charge in [0.2, 0.25) is 19.7 Å². The second-order valence-electron chi connectivity index (χ2n) is 15.8. The van der Waals surface area contributed by atoms with Gasteiger partial charge < -0.3 is 18.9 Å². The molecule has 0 fully saturated rings. The Balaban J connectivity index is 0.957. The molecule has 0 unspecified atom stereocenters. The van der Waals surface area contributed by atoms with Crippen molar-refractivity contribution >= 4 is 75.8 Å². The van der Waals surface area contributed by atoms with Crippen LogP contribution in [0.3, 0.4) is 0 Å². The van der Waals surface area contributed by atoms with E-state index in [0.29, 0.717) is 46.5 Å². The molecule has 8 rings (SSSR count). The van der Waals surface area contributed by atoms with Crippen LogP contribution in [0.5, 0.6) is 40.2 Å². The first-order chi connectivity index (χ1) is 36.7. The normalized spacial score (nSPS) is 12.0. The van der Waals surface area contributed by atoms with Crippen LogP contribution in [0.2, 0.25) is 0 Å². The molecule has 77 heavy (non-hydrogen) atoms. The molecule has 0 aliphatic heterocycles. The lowest BCUT2D eigenvalue weighted by atomic mass is 10.1. The van der Waals surface area contributed by atoms with Gasteiger partial charge in [0, 0.05) is 14.7 Å². The van der Waals surface area contributed by atoms with E-state index in [9.17, 15) is 42.8 Å². The van der Waals surface area contributed by atoms with Gasteiger partial charge in [0.25, 0.3) is 20.2 Å². The van der Waals surface area contributed by atoms with E-state index < -0.39 is 59.5 Å². The molecule has 0 aliphatic rings. The summed E-state index contributed by atoms with van der Waals surface area (Å²) in [6, 6.07) is 40.3. The number of sulfone groups is 2. The number of benzene rings is 8. The molecule has 8 aromatic carbocycles. The minimum Gasteiger partial charge on any atom is -0.497 e. The molecule has 400 valence electrons. The molecule has 0 atom stereocenters. The van der Waals surface area contributed by atoms with E-state index >= 15 is 0 Å². The maximum atomic E-state index is 14.0. The van der Waals surface area contributed by atoms with Crippen LogP contribution in [0.1, 0.15) is 5.56 Å². The monoisotopic (exact) mass is 1180 g/mol. The Kier molecular flexibility index (Phi) is 17.7. The van der Waals surface area contributed by atoms with Crippen molar-refractivity contribution < 1.29 is 91.0 Å². The predicted molar refractivity (Wildman–Crippen MR) is 278 cm³/mol. The highest BCUT2D eigenvalue weighted by Crippen LogP contribution is 2.41. The second kappa shape index (κ2) is 24.0. The zero-order chi connectivity index (χ0) is 55.1. The highest BCUT2D eigenvalue weighted by Gasteiger charge is 2.28. The minimum absolute atomic E-state index is 0.0161. The molecule has 4 N–H and O–H groups in total. The molecule has 0 amide bonds. The number of hydrogen-bond donors (Lipinski definition) is 4. The van der Waals surface area contributed by atoms with Gasteiger partial charge in [-0.1, -0.05) is 52.2 Å². The van der Waals surface area contributed by atoms with Gasteiger partial charge >= 0.3 is 0 Å². The van der Waals surface area contributed by atoms with Crippen molar-refractivity contribution in [1.29, 1.82) is 0 Å². The zero-order valence-electron chi connectivity index (χ0n) is 39.3. The molecule has 0 bridgehead atoms. The lowest BCUT2D eigenvalue weighted by Crippen LogP contribution is -2.07. The van der Waals surface area contributed by atoms with E-state index in [1.165, 1.54) is 54.2 Å². The minimum atomic E-state index is -5.04. The molecule has 0 aromatic heterocycles. The summed E-state index contributed by atoms with van der Waals surface area (Å²) in [5.41, 5.74) is 1.89. The predicted octanol–water partition coefficient (Wildman–Crippen LogP) is 12.2. The molecular weight excluding hydrogens is 1140 g/mol. The fourth-order valence-electron chi connectivity index (χ4n) is 7.07. The van der Waals surface area contributed by atoms with Gasteiger partial charge in [-0.25, -0.2) is 27.4 Å². The first-order valence-corrected chi connectivity index (χ1v) is 29.7. The molecule has 27 heteroatoms. The van der Waals surface area contributed by atoms with Gasteiger partial charge in [-0.3, -0.25) is 9.11 Å². The van der Waals surface area contributed by atoms with Crippen LogP contribution in [-0.2, 0) is 58.7 Å². The Bertz CT molecular complexity index is 3900. The Labute approximate surface area is 453 Å². The Hall–Kier alpha value is -6.51. The maximum absolute atomic E-state index is 14.0. The quantitative estimate of drug-likeness (QED) is 0.0212. The summed E-state index contributed by atoms with van der Waals surface area (Å²) in [5.74, 6) is 0.588. The summed E-state index contributed by atoms with van der Waals surface area (Å²) in [6.45, 7) is 1.65. The standard InChI is InChI=1S/C50H38O20S7/c1-31-3-20-40(27-47(31)72-69-67-51)74(53,54)42-22-25-45(49(29-42)76(57,58)59)65-36-10-6-33(7-11-36)32-4-8-35(9-5-32)64-44-24-21-41(28-48(44)73-70-68-52)75(55,56)43-23-26-46(50(30-43)77(60,61)62)66-37-14-18-39(19-15-37)71-38-16-12-34(63-2)13-17-38/h3-30,51-52H,1-2H3,(H,57,58,59)(H,60,61,62). The molecular formula is C50H38O20S7. The number of methoxy groups -OCH3 is 1. The Morgan fingerprint density at radius 3 is 1.17 bits per heavy atom. The van der Waals surface area contributed by atoms with E-state index in [4.69, 9.17) is 29.5 Å². The van der Waals surface area contributed by atoms with Crippen molar-refractivity contribution in [3.63, 3.8) is 0 Å². The maximum Gasteiger partial charge on any atom is 0.298 e. The molecule has 0 heterocycles. The lowest BCUT2D eigenvalue weighted by Gasteiger charge is -2.14. The first kappa shape index (κ1) is 56.7. The van der Waals surface area contributed by atoms with Crippen LogP contribution in [0.15, 0.2) is 219 Å². The van der Waals surface area contributed by atoms with Crippen LogP contribution in [0.25, 0.3) is 11.1 Å². The summed E-state index contributed by atoms with van der Waals surface area (Å²) < 4.78 is 157. The van der Waals surface area contributed by atoms with Crippen molar-refractivity contribution in [2.75, 3.05) is 7.11 Å². The van der Waals surface area contributed by atoms with Crippen LogP contribution >= 0.6 is 35.8 Å². The Morgan fingerprint density at radius 1 is 0.403 bits per heavy atom. The van der Waals surface area contributed by atoms with Gasteiger partial charge in [-0.2, -0.15) is 16.8 Å². The third kappa shape index (κ3) is 13.8. The van der Waals surface area contributed by atoms with Crippen LogP contribution in [0, 0.1) is 6.92 Å². The van der Waals surface area contributed by atoms with Crippen molar-refractivity contribution in [3.05, 3.63) is 175 Å². The fourth-order valence-corrected chi connectivity index (χ4v) is 13.0. The fraction of sp³-hybridized carbons (Fsp3) is 0.0400. The molecule has 8 aromatic rings. The molecule has 0 saturated heterocycles. The second-order valence-corrected chi connectivity index (χ2v) is 25.1. The van der Waals surface area contributed by atoms with E-state index in [1.807, 2.05) is 24.3 Å². The van der Waals surface area contributed by atoms with Crippen LogP contribution < -0.4 is 18.9 Å². The van der Waals surface area contributed by atoms with Gasteiger partial charge in [0.1, 0.15) is 50.0 Å². The number of rotatable bonds is 22. The van der Waals surface area contributed by atoms with Gasteiger partial charge in [0.05, 0.1) is 55.7 Å². The summed E-state index contributed by atoms with van der Waals surface area (Å²) in [7, 11) is -17.4. The SMILES string of the molecule is COc1ccc(Sc2ccc(Oc3ccc(S(=O)(=O)c4ccc(Oc5ccc(-c6ccc(Oc7ccc(S(=O)(=O)c8ccc(C)c(SOOO)c8)cc7S(=O)(=O)O)cc6)cc5)c(SOOO)c4)cc3S(=O)(=O)O)cc2)cc1. The van der Waals surface area contributed by atoms with Gasteiger partial charge in [-0.15, -0.1) is 8.67 Å². The average Bonchev–Trinajstić information content (AvgIpc) is 3.42. The van der Waals surface area contributed by atoms with Crippen molar-refractivity contribution in [2.24, 2.45) is 0 Å². The summed E-state index contributed by atoms with van der Waals surface area (Å²) in [5, 5.41) is 24.8. The number of ether oxygens (including phenoxy) is 4. The number of aryl methyl sites for hydroxylation is 1. The molecule has 0 aliphatic carbocycles. The highest BCUT2D eigenvalue weighted by molar-refractivity contribution is 7.99. The van der Waals surface area contributed by atoms with E-state index in [2.05, 4.69) is 18.7 Å². The molecule has 20 nitrogen and oxygen atoms in total. The third-order valence-electron chi connectivity index (χ3n) is 10.9. The van der Waals surface area contributed by atoms with Crippen LogP contribution in [0.4, 0.5) is 0 Å². The van der Waals surface area contributed by atoms with E-state index in [-0.39, 0.29) is 54.1 Å². The lowest BCUT2D eigenvalue weighted by molar-refractivity contribution is -0.432. The van der Waals surface area contributed by atoms with Crippen LogP contribution in [-0.4, -0.2) is 60.4 Å². The smallest absolute Gasteiger partial charge is 0.298 e. The third-order valence-corrected chi connectivity index (χ3v) is 18.5. The summed E-state index contributed by atoms with van der Waals surface area (Å²) in [6.07, 6.45) is 0. The van der Waals surface area contributed by atoms with Crippen molar-refractivity contribution in [1.82, 2.24) is 0 Å².